The second-order valence-electron chi connectivity index (χ2n) is 6.30. The average molecular weight is 415 g/mol. The highest BCUT2D eigenvalue weighted by molar-refractivity contribution is 6.10. The third-order valence-electron chi connectivity index (χ3n) is 4.10. The summed E-state index contributed by atoms with van der Waals surface area (Å²) >= 11 is 0. The lowest BCUT2D eigenvalue weighted by molar-refractivity contribution is -0.138. The first kappa shape index (κ1) is 20.8. The summed E-state index contributed by atoms with van der Waals surface area (Å²) in [6.07, 6.45) is -4.07. The summed E-state index contributed by atoms with van der Waals surface area (Å²) in [5, 5.41) is 5.15. The number of rotatable bonds is 5. The summed E-state index contributed by atoms with van der Waals surface area (Å²) in [5.74, 6) is -1.23. The van der Waals surface area contributed by atoms with Crippen molar-refractivity contribution in [2.24, 2.45) is 0 Å². The van der Waals surface area contributed by atoms with Crippen LogP contribution in [-0.4, -0.2) is 16.4 Å². The Morgan fingerprint density at radius 3 is 2.23 bits per heavy atom. The molecule has 0 aliphatic heterocycles. The molecule has 30 heavy (non-hydrogen) atoms. The molecule has 2 amide bonds. The summed E-state index contributed by atoms with van der Waals surface area (Å²) in [5.41, 5.74) is -0.924. The monoisotopic (exact) mass is 415 g/mol. The van der Waals surface area contributed by atoms with E-state index in [4.69, 9.17) is 0 Å². The minimum Gasteiger partial charge on any atom is -0.324 e. The number of alkyl halides is 3. The maximum atomic E-state index is 12.8. The van der Waals surface area contributed by atoms with Crippen LogP contribution < -0.4 is 16.2 Å². The van der Waals surface area contributed by atoms with Gasteiger partial charge in [-0.25, -0.2) is 0 Å². The highest BCUT2D eigenvalue weighted by Crippen LogP contribution is 2.28. The predicted molar refractivity (Wildman–Crippen MR) is 105 cm³/mol. The van der Waals surface area contributed by atoms with E-state index in [1.807, 2.05) is 0 Å². The third kappa shape index (κ3) is 5.13. The summed E-state index contributed by atoms with van der Waals surface area (Å²) < 4.78 is 39.2. The van der Waals surface area contributed by atoms with Crippen LogP contribution in [0, 0.1) is 0 Å². The zero-order chi connectivity index (χ0) is 21.7. The molecular weight excluding hydrogens is 399 g/mol. The molecule has 2 N–H and O–H groups in total. The van der Waals surface area contributed by atoms with Gasteiger partial charge < -0.3 is 15.2 Å². The van der Waals surface area contributed by atoms with Gasteiger partial charge in [-0.15, -0.1) is 0 Å². The van der Waals surface area contributed by atoms with Crippen LogP contribution in [0.5, 0.6) is 0 Å². The van der Waals surface area contributed by atoms with Gasteiger partial charge in [0.15, 0.2) is 0 Å². The molecule has 3 rings (SSSR count). The van der Waals surface area contributed by atoms with Crippen molar-refractivity contribution < 1.29 is 22.8 Å². The molecule has 9 heteroatoms. The Bertz CT molecular complexity index is 1130. The number of aromatic nitrogens is 1. The molecule has 0 unspecified atom stereocenters. The van der Waals surface area contributed by atoms with Crippen molar-refractivity contribution in [1.82, 2.24) is 4.57 Å². The molecule has 154 valence electrons. The fourth-order valence-electron chi connectivity index (χ4n) is 2.68. The summed E-state index contributed by atoms with van der Waals surface area (Å²) in [4.78, 5) is 36.7. The zero-order valence-corrected chi connectivity index (χ0v) is 15.4. The topological polar surface area (TPSA) is 80.2 Å². The average Bonchev–Trinajstić information content (AvgIpc) is 2.70. The van der Waals surface area contributed by atoms with E-state index >= 15 is 0 Å². The van der Waals surface area contributed by atoms with Gasteiger partial charge >= 0.3 is 6.18 Å². The largest absolute Gasteiger partial charge is 0.417 e. The number of para-hydroxylation sites is 2. The molecule has 3 aromatic rings. The van der Waals surface area contributed by atoms with Crippen molar-refractivity contribution in [2.75, 3.05) is 10.6 Å². The number of nitrogens with zero attached hydrogens (tertiary/aromatic N) is 1. The smallest absolute Gasteiger partial charge is 0.324 e. The van der Waals surface area contributed by atoms with E-state index < -0.39 is 35.7 Å². The highest BCUT2D eigenvalue weighted by Gasteiger charge is 2.31. The quantitative estimate of drug-likeness (QED) is 0.666. The molecule has 0 aliphatic carbocycles. The van der Waals surface area contributed by atoms with Crippen molar-refractivity contribution in [3.05, 3.63) is 94.4 Å². The van der Waals surface area contributed by atoms with Gasteiger partial charge in [-0.05, 0) is 30.3 Å². The number of benzene rings is 2. The van der Waals surface area contributed by atoms with Gasteiger partial charge in [-0.3, -0.25) is 14.4 Å². The minimum absolute atomic E-state index is 0.158. The van der Waals surface area contributed by atoms with Crippen molar-refractivity contribution in [2.45, 2.75) is 12.7 Å². The van der Waals surface area contributed by atoms with Gasteiger partial charge in [0, 0.05) is 18.0 Å². The predicted octanol–water partition coefficient (Wildman–Crippen LogP) is 3.76. The van der Waals surface area contributed by atoms with Crippen molar-refractivity contribution in [1.29, 1.82) is 0 Å². The van der Waals surface area contributed by atoms with Crippen LogP contribution in [0.15, 0.2) is 77.7 Å². The van der Waals surface area contributed by atoms with Crippen LogP contribution in [0.2, 0.25) is 0 Å². The first-order valence-electron chi connectivity index (χ1n) is 8.77. The fraction of sp³-hybridized carbons (Fsp3) is 0.0952. The second kappa shape index (κ2) is 8.64. The van der Waals surface area contributed by atoms with Crippen LogP contribution in [0.4, 0.5) is 24.5 Å². The van der Waals surface area contributed by atoms with Gasteiger partial charge in [0.25, 0.3) is 11.5 Å². The van der Waals surface area contributed by atoms with E-state index in [1.54, 1.807) is 42.5 Å². The van der Waals surface area contributed by atoms with E-state index in [0.717, 1.165) is 6.07 Å². The van der Waals surface area contributed by atoms with E-state index in [2.05, 4.69) is 10.6 Å². The molecule has 0 fully saturated rings. The Morgan fingerprint density at radius 1 is 0.867 bits per heavy atom. The van der Waals surface area contributed by atoms with Crippen LogP contribution >= 0.6 is 0 Å². The van der Waals surface area contributed by atoms with Crippen LogP contribution in [0.25, 0.3) is 0 Å². The van der Waals surface area contributed by atoms with Gasteiger partial charge in [0.1, 0.15) is 6.54 Å². The second-order valence-corrected chi connectivity index (χ2v) is 6.30. The van der Waals surface area contributed by atoms with Crippen molar-refractivity contribution in [3.63, 3.8) is 0 Å². The summed E-state index contributed by atoms with van der Waals surface area (Å²) in [6, 6.07) is 16.2. The molecule has 0 atom stereocenters. The number of carbonyl (C=O) groups excluding carboxylic acids is 2. The fourth-order valence-corrected chi connectivity index (χ4v) is 2.68. The van der Waals surface area contributed by atoms with E-state index in [0.29, 0.717) is 22.5 Å². The normalized spacial score (nSPS) is 11.0. The maximum absolute atomic E-state index is 12.8. The Balaban J connectivity index is 1.77. The van der Waals surface area contributed by atoms with E-state index in [-0.39, 0.29) is 11.3 Å². The molecule has 1 aromatic heterocycles. The number of carbonyl (C=O) groups is 2. The first-order valence-corrected chi connectivity index (χ1v) is 8.77. The van der Waals surface area contributed by atoms with Gasteiger partial charge in [0.2, 0.25) is 5.91 Å². The molecule has 1 heterocycles. The number of pyridine rings is 1. The lowest BCUT2D eigenvalue weighted by Crippen LogP contribution is -2.28. The Hall–Kier alpha value is -3.88. The standard InChI is InChI=1S/C21H16F3N3O3/c22-21(23,24)14-10-11-19(29)27(12-14)13-18(28)26-17-9-5-4-8-16(17)20(30)25-15-6-2-1-3-7-15/h1-12H,13H2,(H,25,30)(H,26,28). The van der Waals surface area contributed by atoms with Crippen LogP contribution in [0.1, 0.15) is 15.9 Å². The number of hydrogen-bond donors (Lipinski definition) is 2. The highest BCUT2D eigenvalue weighted by atomic mass is 19.4. The van der Waals surface area contributed by atoms with E-state index in [1.165, 1.54) is 12.1 Å². The van der Waals surface area contributed by atoms with Gasteiger partial charge in [0.05, 0.1) is 16.8 Å². The molecule has 0 radical (unpaired) electrons. The van der Waals surface area contributed by atoms with Gasteiger partial charge in [-0.2, -0.15) is 13.2 Å². The van der Waals surface area contributed by atoms with Gasteiger partial charge in [-0.1, -0.05) is 30.3 Å². The summed E-state index contributed by atoms with van der Waals surface area (Å²) in [6.45, 7) is -0.641. The first-order chi connectivity index (χ1) is 14.2. The molecule has 0 saturated heterocycles. The number of nitrogens with one attached hydrogen (secondary N) is 2. The Kier molecular flexibility index (Phi) is 6.01. The number of hydrogen-bond acceptors (Lipinski definition) is 3. The third-order valence-corrected chi connectivity index (χ3v) is 4.10. The molecule has 0 saturated carbocycles. The molecular formula is C21H16F3N3O3. The maximum Gasteiger partial charge on any atom is 0.417 e. The van der Waals surface area contributed by atoms with Crippen LogP contribution in [0.3, 0.4) is 0 Å². The SMILES string of the molecule is O=C(Cn1cc(C(F)(F)F)ccc1=O)Nc1ccccc1C(=O)Nc1ccccc1. The lowest BCUT2D eigenvalue weighted by Gasteiger charge is -2.13. The van der Waals surface area contributed by atoms with Crippen molar-refractivity contribution >= 4 is 23.2 Å². The molecule has 0 spiro atoms. The minimum atomic E-state index is -4.64. The Labute approximate surface area is 169 Å². The molecule has 6 nitrogen and oxygen atoms in total. The van der Waals surface area contributed by atoms with E-state index in [9.17, 15) is 27.6 Å². The summed E-state index contributed by atoms with van der Waals surface area (Å²) in [7, 11) is 0. The number of amides is 2. The van der Waals surface area contributed by atoms with Crippen molar-refractivity contribution in [3.8, 4) is 0 Å². The number of halogens is 3. The molecule has 0 aliphatic rings. The zero-order valence-electron chi connectivity index (χ0n) is 15.4. The molecule has 0 bridgehead atoms. The Morgan fingerprint density at radius 2 is 1.53 bits per heavy atom. The number of anilines is 2. The van der Waals surface area contributed by atoms with Crippen LogP contribution in [-0.2, 0) is 17.5 Å². The lowest BCUT2D eigenvalue weighted by atomic mass is 10.1. The molecule has 2 aromatic carbocycles.